The molecule has 0 aliphatic rings. The maximum atomic E-state index is 10.5. The van der Waals surface area contributed by atoms with Gasteiger partial charge in [-0.25, -0.2) is 0 Å². The molecule has 0 aliphatic carbocycles. The zero-order chi connectivity index (χ0) is 9.28. The molecule has 11 heavy (non-hydrogen) atoms. The Morgan fingerprint density at radius 1 is 1.27 bits per heavy atom. The molecule has 0 aromatic carbocycles. The second-order valence-corrected chi connectivity index (χ2v) is 4.89. The van der Waals surface area contributed by atoms with Crippen molar-refractivity contribution in [3.63, 3.8) is 0 Å². The van der Waals surface area contributed by atoms with Crippen molar-refractivity contribution in [2.45, 2.75) is 0 Å². The molecular weight excluding hydrogens is 198 g/mol. The Labute approximate surface area is 64.7 Å². The van der Waals surface area contributed by atoms with E-state index in [1.807, 2.05) is 0 Å². The fourth-order valence-corrected chi connectivity index (χ4v) is 1.54. The minimum Gasteiger partial charge on any atom is -0.273 e. The van der Waals surface area contributed by atoms with Crippen molar-refractivity contribution in [2.24, 2.45) is 0 Å². The highest BCUT2D eigenvalue weighted by Gasteiger charge is 2.27. The zero-order valence-corrected chi connectivity index (χ0v) is 7.39. The molecule has 0 aliphatic heterocycles. The van der Waals surface area contributed by atoms with Gasteiger partial charge in [0, 0.05) is 7.05 Å². The summed E-state index contributed by atoms with van der Waals surface area (Å²) in [6, 6.07) is 0. The van der Waals surface area contributed by atoms with Crippen LogP contribution in [0.4, 0.5) is 0 Å². The van der Waals surface area contributed by atoms with Crippen LogP contribution >= 0.6 is 0 Å². The Bertz CT molecular complexity index is 312. The number of hydrogen-bond acceptors (Lipinski definition) is 5. The summed E-state index contributed by atoms with van der Waals surface area (Å²) in [4.78, 5) is 0. The van der Waals surface area contributed by atoms with E-state index in [9.17, 15) is 16.8 Å². The van der Waals surface area contributed by atoms with E-state index in [-0.39, 0.29) is 3.71 Å². The molecular formula is C2H7NO6S2. The summed E-state index contributed by atoms with van der Waals surface area (Å²) >= 11 is 0. The molecule has 68 valence electrons. The first kappa shape index (κ1) is 10.8. The van der Waals surface area contributed by atoms with Crippen LogP contribution in [0.3, 0.4) is 0 Å². The van der Waals surface area contributed by atoms with Gasteiger partial charge < -0.3 is 0 Å². The molecule has 0 spiro atoms. The van der Waals surface area contributed by atoms with Gasteiger partial charge >= 0.3 is 20.6 Å². The molecule has 7 nitrogen and oxygen atoms in total. The second-order valence-electron chi connectivity index (χ2n) is 1.48. The Morgan fingerprint density at radius 2 is 1.64 bits per heavy atom. The first-order valence-electron chi connectivity index (χ1n) is 2.24. The van der Waals surface area contributed by atoms with E-state index in [0.717, 1.165) is 7.11 Å². The van der Waals surface area contributed by atoms with Crippen LogP contribution in [0.1, 0.15) is 0 Å². The third-order valence-electron chi connectivity index (χ3n) is 0.850. The highest BCUT2D eigenvalue weighted by molar-refractivity contribution is 7.99. The van der Waals surface area contributed by atoms with Gasteiger partial charge in [0.1, 0.15) is 0 Å². The summed E-state index contributed by atoms with van der Waals surface area (Å²) < 4.78 is 53.0. The molecule has 0 aromatic heterocycles. The summed E-state index contributed by atoms with van der Waals surface area (Å²) in [5.41, 5.74) is 0. The standard InChI is InChI=1S/C2H7NO6S2/c1-3(10(4,5)6)11(7,8)9-2/h1-2H3,(H,4,5,6). The lowest BCUT2D eigenvalue weighted by Gasteiger charge is -2.09. The molecule has 0 aromatic rings. The van der Waals surface area contributed by atoms with E-state index < -0.39 is 20.6 Å². The second kappa shape index (κ2) is 3.03. The fourth-order valence-electron chi connectivity index (χ4n) is 0.220. The van der Waals surface area contributed by atoms with Gasteiger partial charge in [0.2, 0.25) is 0 Å². The molecule has 0 radical (unpaired) electrons. The van der Waals surface area contributed by atoms with Crippen LogP contribution in [-0.2, 0) is 24.8 Å². The summed E-state index contributed by atoms with van der Waals surface area (Å²) in [6.07, 6.45) is 0. The van der Waals surface area contributed by atoms with Gasteiger partial charge in [0.15, 0.2) is 0 Å². The summed E-state index contributed by atoms with van der Waals surface area (Å²) in [7, 11) is -7.69. The van der Waals surface area contributed by atoms with Crippen molar-refractivity contribution in [1.29, 1.82) is 0 Å². The van der Waals surface area contributed by atoms with E-state index in [1.54, 1.807) is 0 Å². The van der Waals surface area contributed by atoms with E-state index in [2.05, 4.69) is 4.18 Å². The van der Waals surface area contributed by atoms with Gasteiger partial charge in [-0.3, -0.25) is 8.74 Å². The molecule has 0 fully saturated rings. The molecule has 0 unspecified atom stereocenters. The first-order valence-corrected chi connectivity index (χ1v) is 5.00. The SMILES string of the molecule is COS(=O)(=O)N(C)S(=O)(=O)O. The molecule has 0 atom stereocenters. The molecule has 0 saturated carbocycles. The number of nitrogens with zero attached hydrogens (tertiary/aromatic N) is 1. The van der Waals surface area contributed by atoms with Crippen molar-refractivity contribution in [1.82, 2.24) is 3.71 Å². The van der Waals surface area contributed by atoms with E-state index in [1.165, 1.54) is 0 Å². The smallest absolute Gasteiger partial charge is 0.273 e. The molecule has 0 amide bonds. The molecule has 9 heteroatoms. The summed E-state index contributed by atoms with van der Waals surface area (Å²) in [5.74, 6) is 0. The Balaban J connectivity index is 4.96. The van der Waals surface area contributed by atoms with Crippen molar-refractivity contribution >= 4 is 20.6 Å². The molecule has 1 N–H and O–H groups in total. The lowest BCUT2D eigenvalue weighted by Crippen LogP contribution is -2.33. The van der Waals surface area contributed by atoms with Crippen LogP contribution in [0.2, 0.25) is 0 Å². The van der Waals surface area contributed by atoms with Gasteiger partial charge in [-0.05, 0) is 0 Å². The number of hydrogen-bond donors (Lipinski definition) is 1. The Hall–Kier alpha value is -0.220. The third-order valence-corrected chi connectivity index (χ3v) is 3.66. The predicted octanol–water partition coefficient (Wildman–Crippen LogP) is -1.39. The minimum absolute atomic E-state index is 0.292. The third kappa shape index (κ3) is 2.71. The van der Waals surface area contributed by atoms with Crippen molar-refractivity contribution in [3.8, 4) is 0 Å². The Morgan fingerprint density at radius 3 is 1.73 bits per heavy atom. The topological polar surface area (TPSA) is 101 Å². The summed E-state index contributed by atoms with van der Waals surface area (Å²) in [5, 5.41) is 0. The van der Waals surface area contributed by atoms with E-state index >= 15 is 0 Å². The Kier molecular flexibility index (Phi) is 2.97. The molecule has 0 heterocycles. The average Bonchev–Trinajstić information content (AvgIpc) is 1.84. The van der Waals surface area contributed by atoms with Crippen LogP contribution in [0, 0.1) is 0 Å². The van der Waals surface area contributed by atoms with Crippen LogP contribution in [0.25, 0.3) is 0 Å². The van der Waals surface area contributed by atoms with E-state index in [0.29, 0.717) is 7.05 Å². The first-order chi connectivity index (χ1) is 4.72. The van der Waals surface area contributed by atoms with E-state index in [4.69, 9.17) is 4.55 Å². The molecule has 0 bridgehead atoms. The highest BCUT2D eigenvalue weighted by atomic mass is 32.3. The van der Waals surface area contributed by atoms with Gasteiger partial charge in [0.05, 0.1) is 7.11 Å². The minimum atomic E-state index is -4.75. The average molecular weight is 205 g/mol. The lowest BCUT2D eigenvalue weighted by atomic mass is 11.6. The van der Waals surface area contributed by atoms with Gasteiger partial charge in [0.25, 0.3) is 0 Å². The van der Waals surface area contributed by atoms with Crippen LogP contribution < -0.4 is 0 Å². The molecule has 0 saturated heterocycles. The maximum Gasteiger partial charge on any atom is 0.352 e. The quantitative estimate of drug-likeness (QED) is 0.569. The van der Waals surface area contributed by atoms with Crippen molar-refractivity contribution in [2.75, 3.05) is 14.2 Å². The maximum absolute atomic E-state index is 10.5. The zero-order valence-electron chi connectivity index (χ0n) is 5.75. The van der Waals surface area contributed by atoms with Gasteiger partial charge in [-0.2, -0.15) is 16.8 Å². The van der Waals surface area contributed by atoms with Crippen LogP contribution in [0.5, 0.6) is 0 Å². The highest BCUT2D eigenvalue weighted by Crippen LogP contribution is 2.02. The predicted molar refractivity (Wildman–Crippen MR) is 35.2 cm³/mol. The lowest BCUT2D eigenvalue weighted by molar-refractivity contribution is 0.356. The fraction of sp³-hybridized carbons (Fsp3) is 1.00. The normalized spacial score (nSPS) is 13.8. The van der Waals surface area contributed by atoms with Crippen LogP contribution in [-0.4, -0.2) is 39.3 Å². The summed E-state index contributed by atoms with van der Waals surface area (Å²) in [6.45, 7) is 0. The van der Waals surface area contributed by atoms with Crippen molar-refractivity contribution < 1.29 is 25.6 Å². The number of rotatable bonds is 3. The monoisotopic (exact) mass is 205 g/mol. The van der Waals surface area contributed by atoms with Crippen molar-refractivity contribution in [3.05, 3.63) is 0 Å². The molecule has 0 rings (SSSR count). The largest absolute Gasteiger partial charge is 0.352 e. The van der Waals surface area contributed by atoms with Gasteiger partial charge in [-0.1, -0.05) is 3.71 Å². The van der Waals surface area contributed by atoms with Crippen LogP contribution in [0.15, 0.2) is 0 Å². The van der Waals surface area contributed by atoms with Gasteiger partial charge in [-0.15, -0.1) is 0 Å².